The summed E-state index contributed by atoms with van der Waals surface area (Å²) in [5.74, 6) is 0.991. The van der Waals surface area contributed by atoms with Gasteiger partial charge in [-0.25, -0.2) is 0 Å². The smallest absolute Gasteiger partial charge is 0.0203 e. The maximum absolute atomic E-state index is 2.28. The summed E-state index contributed by atoms with van der Waals surface area (Å²) in [6, 6.07) is 0. The number of hydrogen-bond donors (Lipinski definition) is 0. The maximum Gasteiger partial charge on any atom is -0.0203 e. The van der Waals surface area contributed by atoms with Crippen molar-refractivity contribution in [2.75, 3.05) is 0 Å². The summed E-state index contributed by atoms with van der Waals surface area (Å²) in [6.45, 7) is 4.39. The Morgan fingerprint density at radius 3 is 2.38 bits per heavy atom. The van der Waals surface area contributed by atoms with Gasteiger partial charge in [0.05, 0.1) is 0 Å². The van der Waals surface area contributed by atoms with Crippen LogP contribution in [0.1, 0.15) is 33.1 Å². The summed E-state index contributed by atoms with van der Waals surface area (Å²) in [7, 11) is 0. The van der Waals surface area contributed by atoms with E-state index in [1.165, 1.54) is 19.3 Å². The molecule has 0 aromatic heterocycles. The molecule has 8 heavy (non-hydrogen) atoms. The van der Waals surface area contributed by atoms with Gasteiger partial charge in [0.15, 0.2) is 0 Å². The van der Waals surface area contributed by atoms with E-state index < -0.39 is 0 Å². The van der Waals surface area contributed by atoms with E-state index in [1.807, 2.05) is 0 Å². The van der Waals surface area contributed by atoms with Crippen LogP contribution in [-0.4, -0.2) is 0 Å². The van der Waals surface area contributed by atoms with Gasteiger partial charge in [-0.1, -0.05) is 18.6 Å². The predicted octanol–water partition coefficient (Wildman–Crippen LogP) is 2.75. The fourth-order valence-electron chi connectivity index (χ4n) is 1.18. The molecule has 0 heteroatoms. The molecule has 0 atom stereocenters. The first-order valence-electron chi connectivity index (χ1n) is 3.53. The maximum atomic E-state index is 2.28. The zero-order chi connectivity index (χ0) is 5.98. The van der Waals surface area contributed by atoms with Crippen LogP contribution in [0.5, 0.6) is 0 Å². The molecule has 0 aromatic carbocycles. The Labute approximate surface area is 51.6 Å². The average molecular weight is 110 g/mol. The first kappa shape index (κ1) is 5.87. The standard InChI is InChI=1S/C8H14/c1-3-7(4-2)8-5-6-8/h3,8H,4-6H2,1-2H3/b7-3-. The highest BCUT2D eigenvalue weighted by atomic mass is 14.3. The number of allylic oxidation sites excluding steroid dienone is 2. The van der Waals surface area contributed by atoms with E-state index in [9.17, 15) is 0 Å². The Morgan fingerprint density at radius 1 is 1.62 bits per heavy atom. The highest BCUT2D eigenvalue weighted by Gasteiger charge is 2.23. The molecule has 0 nitrogen and oxygen atoms in total. The molecule has 1 aliphatic rings. The van der Waals surface area contributed by atoms with Crippen LogP contribution in [0.15, 0.2) is 11.6 Å². The lowest BCUT2D eigenvalue weighted by Crippen LogP contribution is -1.79. The molecule has 1 fully saturated rings. The van der Waals surface area contributed by atoms with E-state index in [4.69, 9.17) is 0 Å². The van der Waals surface area contributed by atoms with Gasteiger partial charge in [-0.15, -0.1) is 0 Å². The van der Waals surface area contributed by atoms with Crippen molar-refractivity contribution in [3.63, 3.8) is 0 Å². The van der Waals surface area contributed by atoms with Gasteiger partial charge < -0.3 is 0 Å². The normalized spacial score (nSPS) is 21.5. The zero-order valence-electron chi connectivity index (χ0n) is 5.78. The van der Waals surface area contributed by atoms with Crippen LogP contribution in [0.4, 0.5) is 0 Å². The largest absolute Gasteiger partial charge is 0.0882 e. The van der Waals surface area contributed by atoms with E-state index in [1.54, 1.807) is 5.57 Å². The Hall–Kier alpha value is -0.260. The summed E-state index contributed by atoms with van der Waals surface area (Å²) >= 11 is 0. The third-order valence-corrected chi connectivity index (χ3v) is 1.88. The Bertz CT molecular complexity index is 96.6. The quantitative estimate of drug-likeness (QED) is 0.479. The summed E-state index contributed by atoms with van der Waals surface area (Å²) in [5.41, 5.74) is 1.67. The van der Waals surface area contributed by atoms with Crippen molar-refractivity contribution in [1.82, 2.24) is 0 Å². The topological polar surface area (TPSA) is 0 Å². The van der Waals surface area contributed by atoms with Crippen molar-refractivity contribution < 1.29 is 0 Å². The van der Waals surface area contributed by atoms with Crippen LogP contribution >= 0.6 is 0 Å². The highest BCUT2D eigenvalue weighted by Crippen LogP contribution is 2.37. The van der Waals surface area contributed by atoms with Crippen molar-refractivity contribution in [1.29, 1.82) is 0 Å². The fourth-order valence-corrected chi connectivity index (χ4v) is 1.18. The lowest BCUT2D eigenvalue weighted by Gasteiger charge is -1.96. The van der Waals surface area contributed by atoms with E-state index in [-0.39, 0.29) is 0 Å². The number of hydrogen-bond acceptors (Lipinski definition) is 0. The molecule has 0 radical (unpaired) electrons. The van der Waals surface area contributed by atoms with E-state index in [0.717, 1.165) is 5.92 Å². The summed E-state index contributed by atoms with van der Waals surface area (Å²) in [5, 5.41) is 0. The Balaban J connectivity index is 2.37. The molecular formula is C8H14. The van der Waals surface area contributed by atoms with Crippen LogP contribution in [0, 0.1) is 5.92 Å². The van der Waals surface area contributed by atoms with Crippen molar-refractivity contribution in [3.8, 4) is 0 Å². The van der Waals surface area contributed by atoms with Gasteiger partial charge in [0, 0.05) is 0 Å². The van der Waals surface area contributed by atoms with Gasteiger partial charge in [0.25, 0.3) is 0 Å². The Kier molecular flexibility index (Phi) is 1.72. The van der Waals surface area contributed by atoms with E-state index >= 15 is 0 Å². The average Bonchev–Trinajstić information content (AvgIpc) is 2.53. The molecule has 1 saturated carbocycles. The third-order valence-electron chi connectivity index (χ3n) is 1.88. The second-order valence-electron chi connectivity index (χ2n) is 2.49. The molecule has 0 aliphatic heterocycles. The molecule has 1 rings (SSSR count). The van der Waals surface area contributed by atoms with Gasteiger partial charge in [0.1, 0.15) is 0 Å². The van der Waals surface area contributed by atoms with Crippen LogP contribution in [-0.2, 0) is 0 Å². The minimum atomic E-state index is 0.991. The first-order valence-corrected chi connectivity index (χ1v) is 3.53. The molecule has 0 unspecified atom stereocenters. The second kappa shape index (κ2) is 2.34. The minimum absolute atomic E-state index is 0.991. The van der Waals surface area contributed by atoms with Crippen LogP contribution in [0.2, 0.25) is 0 Å². The van der Waals surface area contributed by atoms with Crippen molar-refractivity contribution in [2.45, 2.75) is 33.1 Å². The van der Waals surface area contributed by atoms with Crippen LogP contribution in [0.25, 0.3) is 0 Å². The lowest BCUT2D eigenvalue weighted by atomic mass is 10.1. The van der Waals surface area contributed by atoms with Gasteiger partial charge >= 0.3 is 0 Å². The molecule has 0 heterocycles. The zero-order valence-corrected chi connectivity index (χ0v) is 5.78. The lowest BCUT2D eigenvalue weighted by molar-refractivity contribution is 0.908. The molecule has 0 aromatic rings. The molecule has 0 saturated heterocycles. The van der Waals surface area contributed by atoms with Crippen molar-refractivity contribution in [3.05, 3.63) is 11.6 Å². The van der Waals surface area contributed by atoms with Crippen LogP contribution in [0.3, 0.4) is 0 Å². The van der Waals surface area contributed by atoms with Crippen molar-refractivity contribution in [2.24, 2.45) is 5.92 Å². The van der Waals surface area contributed by atoms with E-state index in [0.29, 0.717) is 0 Å². The first-order chi connectivity index (χ1) is 3.88. The van der Waals surface area contributed by atoms with Gasteiger partial charge in [-0.3, -0.25) is 0 Å². The number of rotatable bonds is 2. The molecule has 1 aliphatic carbocycles. The SMILES string of the molecule is C/C=C(/CC)C1CC1. The second-order valence-corrected chi connectivity index (χ2v) is 2.49. The molecule has 0 amide bonds. The summed E-state index contributed by atoms with van der Waals surface area (Å²) in [6.07, 6.45) is 6.44. The monoisotopic (exact) mass is 110 g/mol. The fraction of sp³-hybridized carbons (Fsp3) is 0.750. The molecule has 46 valence electrons. The molecule has 0 bridgehead atoms. The van der Waals surface area contributed by atoms with Gasteiger partial charge in [0.2, 0.25) is 0 Å². The van der Waals surface area contributed by atoms with Crippen molar-refractivity contribution >= 4 is 0 Å². The Morgan fingerprint density at radius 2 is 2.25 bits per heavy atom. The highest BCUT2D eigenvalue weighted by molar-refractivity contribution is 5.10. The molecule has 0 spiro atoms. The van der Waals surface area contributed by atoms with Gasteiger partial charge in [-0.05, 0) is 32.1 Å². The van der Waals surface area contributed by atoms with E-state index in [2.05, 4.69) is 19.9 Å². The molecular weight excluding hydrogens is 96.1 g/mol. The summed E-state index contributed by atoms with van der Waals surface area (Å²) < 4.78 is 0. The minimum Gasteiger partial charge on any atom is -0.0882 e. The third kappa shape index (κ3) is 1.12. The van der Waals surface area contributed by atoms with Gasteiger partial charge in [-0.2, -0.15) is 0 Å². The summed E-state index contributed by atoms with van der Waals surface area (Å²) in [4.78, 5) is 0. The predicted molar refractivity (Wildman–Crippen MR) is 36.8 cm³/mol. The van der Waals surface area contributed by atoms with Crippen LogP contribution < -0.4 is 0 Å². The molecule has 0 N–H and O–H groups in total.